The molecule has 2 aromatic carbocycles. The highest BCUT2D eigenvalue weighted by Crippen LogP contribution is 2.25. The Labute approximate surface area is 273 Å². The summed E-state index contributed by atoms with van der Waals surface area (Å²) in [7, 11) is 0.426. The van der Waals surface area contributed by atoms with Crippen molar-refractivity contribution in [2.45, 2.75) is 78.7 Å². The van der Waals surface area contributed by atoms with Gasteiger partial charge in [0, 0.05) is 43.6 Å². The molecule has 45 heavy (non-hydrogen) atoms. The molecule has 8 heteroatoms. The second kappa shape index (κ2) is 19.1. The summed E-state index contributed by atoms with van der Waals surface area (Å²) < 4.78 is 15.3. The molecule has 2 aromatic rings. The summed E-state index contributed by atoms with van der Waals surface area (Å²) in [6.45, 7) is 9.83. The molecule has 1 aliphatic rings. The number of allylic oxidation sites excluding steroid dienone is 6. The van der Waals surface area contributed by atoms with Crippen LogP contribution < -0.4 is 20.3 Å². The first-order chi connectivity index (χ1) is 21.7. The fraction of sp³-hybridized carbons (Fsp3) is 0.459. The first kappa shape index (κ1) is 36.0. The smallest absolute Gasteiger partial charge is 0.251 e. The first-order valence-electron chi connectivity index (χ1n) is 16.3. The molecule has 0 spiro atoms. The Kier molecular flexibility index (Phi) is 15.3. The Hall–Kier alpha value is -3.49. The number of hydrogen-bond donors (Lipinski definition) is 3. The van der Waals surface area contributed by atoms with Crippen molar-refractivity contribution in [2.24, 2.45) is 5.92 Å². The molecule has 0 aliphatic heterocycles. The van der Waals surface area contributed by atoms with E-state index in [1.54, 1.807) is 4.31 Å². The fourth-order valence-corrected chi connectivity index (χ4v) is 6.27. The maximum atomic E-state index is 13.5. The number of nitrogens with one attached hydrogen (secondary N) is 3. The van der Waals surface area contributed by atoms with Gasteiger partial charge in [0.1, 0.15) is 11.0 Å². The van der Waals surface area contributed by atoms with Gasteiger partial charge in [0.05, 0.1) is 11.7 Å². The van der Waals surface area contributed by atoms with Crippen LogP contribution in [0.5, 0.6) is 0 Å². The van der Waals surface area contributed by atoms with Crippen molar-refractivity contribution in [3.05, 3.63) is 100 Å². The Bertz CT molecular complexity index is 1380. The molecule has 0 aromatic heterocycles. The van der Waals surface area contributed by atoms with Crippen molar-refractivity contribution in [3.63, 3.8) is 0 Å². The van der Waals surface area contributed by atoms with Crippen molar-refractivity contribution >= 4 is 28.5 Å². The van der Waals surface area contributed by atoms with E-state index in [2.05, 4.69) is 74.0 Å². The summed E-state index contributed by atoms with van der Waals surface area (Å²) in [4.78, 5) is 26.8. The fourth-order valence-electron chi connectivity index (χ4n) is 5.18. The van der Waals surface area contributed by atoms with Gasteiger partial charge in [-0.2, -0.15) is 0 Å². The summed E-state index contributed by atoms with van der Waals surface area (Å²) in [6.07, 6.45) is 15.8. The van der Waals surface area contributed by atoms with E-state index in [1.807, 2.05) is 49.6 Å². The van der Waals surface area contributed by atoms with Gasteiger partial charge in [0.2, 0.25) is 5.91 Å². The molecule has 0 saturated carbocycles. The van der Waals surface area contributed by atoms with Crippen LogP contribution in [0.25, 0.3) is 0 Å². The number of anilines is 1. The molecule has 0 fully saturated rings. The third-order valence-electron chi connectivity index (χ3n) is 7.68. The molecule has 0 radical (unpaired) electrons. The lowest BCUT2D eigenvalue weighted by Gasteiger charge is -2.21. The van der Waals surface area contributed by atoms with Crippen LogP contribution in [0.1, 0.15) is 79.9 Å². The third-order valence-corrected chi connectivity index (χ3v) is 9.14. The van der Waals surface area contributed by atoms with Crippen LogP contribution in [0.3, 0.4) is 0 Å². The Morgan fingerprint density at radius 1 is 0.956 bits per heavy atom. The summed E-state index contributed by atoms with van der Waals surface area (Å²) in [6, 6.07) is 14.2. The number of aryl methyl sites for hydroxylation is 3. The van der Waals surface area contributed by atoms with Crippen LogP contribution in [0.4, 0.5) is 5.69 Å². The van der Waals surface area contributed by atoms with Gasteiger partial charge in [-0.25, -0.2) is 4.21 Å². The van der Waals surface area contributed by atoms with Gasteiger partial charge in [-0.15, -0.1) is 0 Å². The van der Waals surface area contributed by atoms with E-state index < -0.39 is 11.0 Å². The highest BCUT2D eigenvalue weighted by atomic mass is 32.2. The number of hydrogen-bond acceptors (Lipinski definition) is 4. The molecule has 244 valence electrons. The second-order valence-electron chi connectivity index (χ2n) is 12.2. The van der Waals surface area contributed by atoms with E-state index in [-0.39, 0.29) is 17.9 Å². The van der Waals surface area contributed by atoms with Crippen LogP contribution in [0.2, 0.25) is 0 Å². The standard InChI is InChI=1S/C37H52N4O3S/c1-6-14-35(37(43)40-27-28(2)3)38-21-22-39-36(42)32-24-31(17-12-11-16-30-18-13-15-29(4)23-30)25-33(26-32)41(5)45(44)34-19-9-7-8-10-20-34/h7-10,13,15,18-19,23-26,28,35,38H,6,11-12,14,16-17,20-22,27H2,1-5H3,(H,39,42)(H,40,43)/t35-,45?/m0/s1. The Balaban J connectivity index is 1.68. The summed E-state index contributed by atoms with van der Waals surface area (Å²) in [5.74, 6) is 0.204. The number of unbranched alkanes of at least 4 members (excludes halogenated alkanes) is 1. The predicted octanol–water partition coefficient (Wildman–Crippen LogP) is 6.32. The molecule has 1 unspecified atom stereocenters. The van der Waals surface area contributed by atoms with Crippen LogP contribution in [0.15, 0.2) is 77.7 Å². The molecular weight excluding hydrogens is 580 g/mol. The van der Waals surface area contributed by atoms with E-state index in [4.69, 9.17) is 0 Å². The van der Waals surface area contributed by atoms with Crippen molar-refractivity contribution in [1.29, 1.82) is 0 Å². The predicted molar refractivity (Wildman–Crippen MR) is 189 cm³/mol. The number of rotatable bonds is 18. The molecule has 3 rings (SSSR count). The lowest BCUT2D eigenvalue weighted by Crippen LogP contribution is -2.47. The van der Waals surface area contributed by atoms with Gasteiger partial charge in [-0.3, -0.25) is 13.9 Å². The maximum Gasteiger partial charge on any atom is 0.251 e. The van der Waals surface area contributed by atoms with Crippen molar-refractivity contribution in [2.75, 3.05) is 31.0 Å². The number of carbonyl (C=O) groups is 2. The number of amides is 2. The number of nitrogens with zero attached hydrogens (tertiary/aromatic N) is 1. The minimum Gasteiger partial charge on any atom is -0.354 e. The first-order valence-corrected chi connectivity index (χ1v) is 17.4. The monoisotopic (exact) mass is 632 g/mol. The zero-order valence-corrected chi connectivity index (χ0v) is 28.6. The van der Waals surface area contributed by atoms with Crippen molar-refractivity contribution in [1.82, 2.24) is 16.0 Å². The second-order valence-corrected chi connectivity index (χ2v) is 13.7. The van der Waals surface area contributed by atoms with Crippen molar-refractivity contribution in [3.8, 4) is 0 Å². The van der Waals surface area contributed by atoms with E-state index in [0.29, 0.717) is 37.5 Å². The maximum absolute atomic E-state index is 13.5. The molecule has 0 bridgehead atoms. The molecule has 2 amide bonds. The van der Waals surface area contributed by atoms with E-state index >= 15 is 0 Å². The van der Waals surface area contributed by atoms with Crippen LogP contribution in [-0.2, 0) is 28.6 Å². The molecule has 0 heterocycles. The van der Waals surface area contributed by atoms with Crippen LogP contribution in [0, 0.1) is 12.8 Å². The van der Waals surface area contributed by atoms with E-state index in [0.717, 1.165) is 54.7 Å². The Morgan fingerprint density at radius 2 is 1.73 bits per heavy atom. The zero-order chi connectivity index (χ0) is 32.6. The van der Waals surface area contributed by atoms with Gasteiger partial charge >= 0.3 is 0 Å². The highest BCUT2D eigenvalue weighted by molar-refractivity contribution is 7.90. The lowest BCUT2D eigenvalue weighted by atomic mass is 10.0. The molecule has 3 N–H and O–H groups in total. The summed E-state index contributed by atoms with van der Waals surface area (Å²) in [5.41, 5.74) is 4.94. The third kappa shape index (κ3) is 12.4. The topological polar surface area (TPSA) is 90.5 Å². The largest absolute Gasteiger partial charge is 0.354 e. The SMILES string of the molecule is CCC[C@H](NCCNC(=O)c1cc(CCCCc2cccc(C)c2)cc(N(C)S(=O)C2=CC=CC=CC2)c1)C(=O)NCC(C)C. The van der Waals surface area contributed by atoms with Gasteiger partial charge in [0.25, 0.3) is 5.91 Å². The van der Waals surface area contributed by atoms with E-state index in [1.165, 1.54) is 11.1 Å². The molecule has 7 nitrogen and oxygen atoms in total. The normalized spacial score (nSPS) is 14.0. The lowest BCUT2D eigenvalue weighted by molar-refractivity contribution is -0.123. The quantitative estimate of drug-likeness (QED) is 0.168. The number of benzene rings is 2. The molecule has 1 aliphatic carbocycles. The zero-order valence-electron chi connectivity index (χ0n) is 27.7. The average Bonchev–Trinajstić information content (AvgIpc) is 3.32. The van der Waals surface area contributed by atoms with Gasteiger partial charge < -0.3 is 16.0 Å². The average molecular weight is 633 g/mol. The number of carbonyl (C=O) groups excluding carboxylic acids is 2. The minimum atomic E-state index is -1.39. The van der Waals surface area contributed by atoms with Crippen molar-refractivity contribution < 1.29 is 13.8 Å². The van der Waals surface area contributed by atoms with E-state index in [9.17, 15) is 13.8 Å². The molecular formula is C37H52N4O3S. The van der Waals surface area contributed by atoms with Crippen LogP contribution >= 0.6 is 0 Å². The van der Waals surface area contributed by atoms with Crippen LogP contribution in [-0.4, -0.2) is 48.7 Å². The minimum absolute atomic E-state index is 0.00224. The van der Waals surface area contributed by atoms with Gasteiger partial charge in [0.15, 0.2) is 0 Å². The highest BCUT2D eigenvalue weighted by Gasteiger charge is 2.19. The molecule has 2 atom stereocenters. The molecule has 0 saturated heterocycles. The summed E-state index contributed by atoms with van der Waals surface area (Å²) in [5, 5.41) is 9.33. The summed E-state index contributed by atoms with van der Waals surface area (Å²) >= 11 is 0. The Morgan fingerprint density at radius 3 is 2.47 bits per heavy atom. The van der Waals surface area contributed by atoms with Gasteiger partial charge in [-0.05, 0) is 80.3 Å². The van der Waals surface area contributed by atoms with Gasteiger partial charge in [-0.1, -0.05) is 81.3 Å².